The summed E-state index contributed by atoms with van der Waals surface area (Å²) < 4.78 is 39.6. The van der Waals surface area contributed by atoms with Crippen LogP contribution in [-0.2, 0) is 24.0 Å². The summed E-state index contributed by atoms with van der Waals surface area (Å²) in [6.45, 7) is 0.482. The Kier molecular flexibility index (Phi) is 6.25. The highest BCUT2D eigenvalue weighted by Gasteiger charge is 2.36. The molecule has 28 heavy (non-hydrogen) atoms. The van der Waals surface area contributed by atoms with E-state index in [0.29, 0.717) is 42.1 Å². The number of anilines is 1. The maximum atomic E-state index is 13.2. The number of alkyl halides is 3. The number of rotatable bonds is 5. The Morgan fingerprint density at radius 3 is 2.57 bits per heavy atom. The van der Waals surface area contributed by atoms with Crippen molar-refractivity contribution in [3.63, 3.8) is 0 Å². The number of aliphatic hydroxyl groups excluding tert-OH is 1. The lowest BCUT2D eigenvalue weighted by Crippen LogP contribution is -2.38. The fourth-order valence-corrected chi connectivity index (χ4v) is 3.72. The van der Waals surface area contributed by atoms with Gasteiger partial charge in [-0.3, -0.25) is 4.79 Å². The summed E-state index contributed by atoms with van der Waals surface area (Å²) >= 11 is 5.98. The third-order valence-electron chi connectivity index (χ3n) is 5.05. The van der Waals surface area contributed by atoms with Crippen LogP contribution in [0.5, 0.6) is 0 Å². The Labute approximate surface area is 166 Å². The number of pyridine rings is 1. The molecule has 1 aliphatic rings. The van der Waals surface area contributed by atoms with Crippen molar-refractivity contribution in [3.8, 4) is 0 Å². The van der Waals surface area contributed by atoms with Gasteiger partial charge in [-0.1, -0.05) is 17.7 Å². The van der Waals surface area contributed by atoms with E-state index in [1.807, 2.05) is 0 Å². The molecule has 4 nitrogen and oxygen atoms in total. The molecule has 3 rings (SSSR count). The minimum absolute atomic E-state index is 0.00804. The second-order valence-electron chi connectivity index (χ2n) is 6.85. The number of Topliss-reactive ketones (excluding diaryl/α,β-unsaturated/α-hetero) is 1. The predicted octanol–water partition coefficient (Wildman–Crippen LogP) is 4.27. The lowest BCUT2D eigenvalue weighted by atomic mass is 9.88. The average Bonchev–Trinajstić information content (AvgIpc) is 2.67. The van der Waals surface area contributed by atoms with Crippen molar-refractivity contribution in [2.75, 3.05) is 18.0 Å². The molecule has 1 aromatic carbocycles. The molecule has 0 atom stereocenters. The van der Waals surface area contributed by atoms with Crippen LogP contribution in [0.3, 0.4) is 0 Å². The second kappa shape index (κ2) is 8.49. The maximum Gasteiger partial charge on any atom is 0.419 e. The van der Waals surface area contributed by atoms with Crippen molar-refractivity contribution in [3.05, 3.63) is 58.2 Å². The summed E-state index contributed by atoms with van der Waals surface area (Å²) in [5.74, 6) is -0.313. The molecule has 1 saturated heterocycles. The van der Waals surface area contributed by atoms with Crippen molar-refractivity contribution in [2.45, 2.75) is 32.0 Å². The van der Waals surface area contributed by atoms with Gasteiger partial charge < -0.3 is 10.0 Å². The highest BCUT2D eigenvalue weighted by molar-refractivity contribution is 6.30. The number of aliphatic hydroxyl groups is 1. The summed E-state index contributed by atoms with van der Waals surface area (Å²) in [6, 6.07) is 7.31. The SMILES string of the molecule is O=C(Cc1cc(Cl)ccc1CO)C1CCN(c2ncccc2C(F)(F)F)CC1. The van der Waals surface area contributed by atoms with Gasteiger partial charge in [0.1, 0.15) is 11.6 Å². The molecule has 0 saturated carbocycles. The normalized spacial score (nSPS) is 15.7. The molecule has 1 fully saturated rings. The lowest BCUT2D eigenvalue weighted by molar-refractivity contribution is -0.137. The molecule has 0 aliphatic carbocycles. The number of benzene rings is 1. The number of ketones is 1. The van der Waals surface area contributed by atoms with Gasteiger partial charge in [0, 0.05) is 36.6 Å². The minimum Gasteiger partial charge on any atom is -0.392 e. The fraction of sp³-hybridized carbons (Fsp3) is 0.400. The zero-order valence-electron chi connectivity index (χ0n) is 15.0. The van der Waals surface area contributed by atoms with Crippen LogP contribution in [0.4, 0.5) is 19.0 Å². The Morgan fingerprint density at radius 1 is 1.21 bits per heavy atom. The first-order valence-electron chi connectivity index (χ1n) is 8.97. The summed E-state index contributed by atoms with van der Waals surface area (Å²) in [4.78, 5) is 18.2. The highest BCUT2D eigenvalue weighted by atomic mass is 35.5. The van der Waals surface area contributed by atoms with Gasteiger partial charge in [0.2, 0.25) is 0 Å². The fourth-order valence-electron chi connectivity index (χ4n) is 3.53. The van der Waals surface area contributed by atoms with Gasteiger partial charge in [-0.15, -0.1) is 0 Å². The topological polar surface area (TPSA) is 53.4 Å². The van der Waals surface area contributed by atoms with Crippen LogP contribution < -0.4 is 4.90 Å². The molecule has 0 unspecified atom stereocenters. The Balaban J connectivity index is 1.66. The number of nitrogens with zero attached hydrogens (tertiary/aromatic N) is 2. The molecular formula is C20H20ClF3N2O2. The molecule has 0 spiro atoms. The largest absolute Gasteiger partial charge is 0.419 e. The smallest absolute Gasteiger partial charge is 0.392 e. The third kappa shape index (κ3) is 4.64. The molecular weight excluding hydrogens is 393 g/mol. The lowest BCUT2D eigenvalue weighted by Gasteiger charge is -2.33. The van der Waals surface area contributed by atoms with E-state index in [-0.39, 0.29) is 30.5 Å². The molecule has 2 heterocycles. The first-order valence-corrected chi connectivity index (χ1v) is 9.35. The predicted molar refractivity (Wildman–Crippen MR) is 100 cm³/mol. The van der Waals surface area contributed by atoms with Crippen LogP contribution in [0.25, 0.3) is 0 Å². The number of aromatic nitrogens is 1. The number of hydrogen-bond acceptors (Lipinski definition) is 4. The second-order valence-corrected chi connectivity index (χ2v) is 7.28. The van der Waals surface area contributed by atoms with Crippen LogP contribution in [0.1, 0.15) is 29.5 Å². The van der Waals surface area contributed by atoms with E-state index in [2.05, 4.69) is 4.98 Å². The average molecular weight is 413 g/mol. The van der Waals surface area contributed by atoms with E-state index in [9.17, 15) is 23.1 Å². The number of carbonyl (C=O) groups is 1. The van der Waals surface area contributed by atoms with Crippen LogP contribution in [0.2, 0.25) is 5.02 Å². The van der Waals surface area contributed by atoms with Crippen molar-refractivity contribution in [1.29, 1.82) is 0 Å². The van der Waals surface area contributed by atoms with Gasteiger partial charge in [0.15, 0.2) is 0 Å². The van der Waals surface area contributed by atoms with Crippen LogP contribution in [-0.4, -0.2) is 29.0 Å². The molecule has 8 heteroatoms. The molecule has 0 bridgehead atoms. The van der Waals surface area contributed by atoms with E-state index in [0.717, 1.165) is 6.07 Å². The monoisotopic (exact) mass is 412 g/mol. The van der Waals surface area contributed by atoms with Gasteiger partial charge in [-0.05, 0) is 48.2 Å². The molecule has 150 valence electrons. The van der Waals surface area contributed by atoms with E-state index >= 15 is 0 Å². The quantitative estimate of drug-likeness (QED) is 0.796. The third-order valence-corrected chi connectivity index (χ3v) is 5.28. The van der Waals surface area contributed by atoms with Crippen LogP contribution >= 0.6 is 11.6 Å². The zero-order valence-corrected chi connectivity index (χ0v) is 15.8. The Morgan fingerprint density at radius 2 is 1.93 bits per heavy atom. The highest BCUT2D eigenvalue weighted by Crippen LogP contribution is 2.36. The standard InChI is InChI=1S/C20H20ClF3N2O2/c21-16-4-3-14(12-27)15(10-16)11-18(28)13-5-8-26(9-6-13)19-17(20(22,23)24)2-1-7-25-19/h1-4,7,10,13,27H,5-6,8-9,11-12H2. The minimum atomic E-state index is -4.47. The molecule has 1 aromatic heterocycles. The van der Waals surface area contributed by atoms with E-state index in [4.69, 9.17) is 11.6 Å². The summed E-state index contributed by atoms with van der Waals surface area (Å²) in [5.41, 5.74) is 0.580. The molecule has 0 radical (unpaired) electrons. The van der Waals surface area contributed by atoms with Gasteiger partial charge in [0.05, 0.1) is 12.2 Å². The first-order chi connectivity index (χ1) is 13.3. The van der Waals surface area contributed by atoms with Crippen LogP contribution in [0.15, 0.2) is 36.5 Å². The van der Waals surface area contributed by atoms with E-state index in [1.165, 1.54) is 12.3 Å². The molecule has 0 amide bonds. The van der Waals surface area contributed by atoms with Crippen molar-refractivity contribution in [1.82, 2.24) is 4.98 Å². The summed E-state index contributed by atoms with van der Waals surface area (Å²) in [5, 5.41) is 9.92. The summed E-state index contributed by atoms with van der Waals surface area (Å²) in [6.07, 6.45) is -2.05. The van der Waals surface area contributed by atoms with Crippen molar-refractivity contribution < 1.29 is 23.1 Å². The van der Waals surface area contributed by atoms with E-state index < -0.39 is 11.7 Å². The molecule has 2 aromatic rings. The van der Waals surface area contributed by atoms with E-state index in [1.54, 1.807) is 23.1 Å². The van der Waals surface area contributed by atoms with Crippen LogP contribution in [0, 0.1) is 5.92 Å². The first kappa shape index (κ1) is 20.6. The van der Waals surface area contributed by atoms with Crippen molar-refractivity contribution in [2.24, 2.45) is 5.92 Å². The Hall–Kier alpha value is -2.12. The van der Waals surface area contributed by atoms with Gasteiger partial charge in [0.25, 0.3) is 0 Å². The zero-order chi connectivity index (χ0) is 20.3. The summed E-state index contributed by atoms with van der Waals surface area (Å²) in [7, 11) is 0. The van der Waals surface area contributed by atoms with Crippen molar-refractivity contribution >= 4 is 23.2 Å². The van der Waals surface area contributed by atoms with Gasteiger partial charge in [-0.2, -0.15) is 13.2 Å². The number of carbonyl (C=O) groups excluding carboxylic acids is 1. The maximum absolute atomic E-state index is 13.2. The molecule has 1 N–H and O–H groups in total. The number of halogens is 4. The Bertz CT molecular complexity index is 850. The molecule has 1 aliphatic heterocycles. The van der Waals surface area contributed by atoms with Gasteiger partial charge in [-0.25, -0.2) is 4.98 Å². The number of piperidine rings is 1. The number of hydrogen-bond donors (Lipinski definition) is 1. The van der Waals surface area contributed by atoms with Gasteiger partial charge >= 0.3 is 6.18 Å².